The van der Waals surface area contributed by atoms with E-state index >= 15 is 0 Å². The molecule has 3 aromatic rings. The first-order chi connectivity index (χ1) is 16.6. The molecule has 0 aromatic heterocycles. The van der Waals surface area contributed by atoms with Gasteiger partial charge in [-0.3, -0.25) is 9.69 Å². The van der Waals surface area contributed by atoms with Gasteiger partial charge >= 0.3 is 5.97 Å². The number of hydrogen-bond acceptors (Lipinski definition) is 3. The number of benzene rings is 3. The number of ether oxygens (including phenoxy) is 1. The molecule has 1 heterocycles. The van der Waals surface area contributed by atoms with Gasteiger partial charge < -0.3 is 9.84 Å². The van der Waals surface area contributed by atoms with Crippen LogP contribution >= 0.6 is 0 Å². The lowest BCUT2D eigenvalue weighted by Crippen LogP contribution is -2.44. The summed E-state index contributed by atoms with van der Waals surface area (Å²) in [5.41, 5.74) is 8.90. The van der Waals surface area contributed by atoms with E-state index in [2.05, 4.69) is 66.4 Å². The molecule has 1 saturated heterocycles. The molecule has 5 rings (SSSR count). The average Bonchev–Trinajstić information content (AvgIpc) is 3.36. The number of hydrogen-bond donors (Lipinski definition) is 1. The van der Waals surface area contributed by atoms with Crippen molar-refractivity contribution in [3.05, 3.63) is 88.5 Å². The molecule has 1 N–H and O–H groups in total. The summed E-state index contributed by atoms with van der Waals surface area (Å²) in [5.74, 6) is 0.290. The Labute approximate surface area is 202 Å². The first-order valence-corrected chi connectivity index (χ1v) is 12.5. The molecule has 1 unspecified atom stereocenters. The molecule has 1 fully saturated rings. The van der Waals surface area contributed by atoms with Crippen LogP contribution in [0, 0.1) is 6.92 Å². The van der Waals surface area contributed by atoms with E-state index in [-0.39, 0.29) is 6.04 Å². The van der Waals surface area contributed by atoms with Gasteiger partial charge in [0.1, 0.15) is 18.4 Å². The van der Waals surface area contributed by atoms with Gasteiger partial charge in [0.15, 0.2) is 0 Å². The van der Waals surface area contributed by atoms with Gasteiger partial charge in [-0.1, -0.05) is 61.0 Å². The van der Waals surface area contributed by atoms with Crippen LogP contribution in [-0.4, -0.2) is 28.6 Å². The highest BCUT2D eigenvalue weighted by Crippen LogP contribution is 2.35. The quantitative estimate of drug-likeness (QED) is 0.463. The number of carbonyl (C=O) groups is 1. The van der Waals surface area contributed by atoms with E-state index in [0.29, 0.717) is 6.61 Å². The number of fused-ring (bicyclic) bond motifs is 1. The molecule has 0 radical (unpaired) electrons. The van der Waals surface area contributed by atoms with Crippen molar-refractivity contribution in [3.8, 4) is 16.9 Å². The highest BCUT2D eigenvalue weighted by molar-refractivity contribution is 5.73. The lowest BCUT2D eigenvalue weighted by atomic mass is 9.96. The lowest BCUT2D eigenvalue weighted by Gasteiger charge is -2.33. The van der Waals surface area contributed by atoms with Crippen molar-refractivity contribution in [2.24, 2.45) is 0 Å². The SMILES string of the molecule is Cc1c(COc2ccc(CN3CCCCC3C(=O)O)c3c2CCC3)cccc1-c1ccccc1. The number of aliphatic carboxylic acids is 1. The van der Waals surface area contributed by atoms with Crippen molar-refractivity contribution in [1.82, 2.24) is 4.90 Å². The van der Waals surface area contributed by atoms with E-state index in [1.807, 2.05) is 6.07 Å². The van der Waals surface area contributed by atoms with E-state index in [9.17, 15) is 9.90 Å². The van der Waals surface area contributed by atoms with E-state index in [0.717, 1.165) is 57.4 Å². The highest BCUT2D eigenvalue weighted by Gasteiger charge is 2.30. The molecule has 1 aliphatic heterocycles. The van der Waals surface area contributed by atoms with Crippen molar-refractivity contribution in [2.75, 3.05) is 6.54 Å². The van der Waals surface area contributed by atoms with Gasteiger partial charge in [-0.25, -0.2) is 0 Å². The summed E-state index contributed by atoms with van der Waals surface area (Å²) in [6, 6.07) is 20.8. The Morgan fingerprint density at radius 2 is 1.76 bits per heavy atom. The summed E-state index contributed by atoms with van der Waals surface area (Å²) in [7, 11) is 0. The Balaban J connectivity index is 1.34. The van der Waals surface area contributed by atoms with Crippen molar-refractivity contribution < 1.29 is 14.6 Å². The second kappa shape index (κ2) is 10.0. The second-order valence-electron chi connectivity index (χ2n) is 9.60. The van der Waals surface area contributed by atoms with Gasteiger partial charge in [0.05, 0.1) is 0 Å². The van der Waals surface area contributed by atoms with Crippen LogP contribution in [0.3, 0.4) is 0 Å². The summed E-state index contributed by atoms with van der Waals surface area (Å²) in [6.07, 6.45) is 6.05. The topological polar surface area (TPSA) is 49.8 Å². The Bertz CT molecular complexity index is 1170. The van der Waals surface area contributed by atoms with Crippen LogP contribution in [0.1, 0.15) is 53.5 Å². The molecule has 3 aromatic carbocycles. The maximum Gasteiger partial charge on any atom is 0.320 e. The second-order valence-corrected chi connectivity index (χ2v) is 9.60. The fourth-order valence-electron chi connectivity index (χ4n) is 5.64. The molecular formula is C30H33NO3. The fourth-order valence-corrected chi connectivity index (χ4v) is 5.64. The van der Waals surface area contributed by atoms with Crippen molar-refractivity contribution >= 4 is 5.97 Å². The smallest absolute Gasteiger partial charge is 0.320 e. The predicted molar refractivity (Wildman–Crippen MR) is 135 cm³/mol. The first kappa shape index (κ1) is 22.7. The van der Waals surface area contributed by atoms with Crippen molar-refractivity contribution in [2.45, 2.75) is 64.6 Å². The van der Waals surface area contributed by atoms with Crippen LogP contribution < -0.4 is 4.74 Å². The van der Waals surface area contributed by atoms with Crippen LogP contribution in [0.15, 0.2) is 60.7 Å². The summed E-state index contributed by atoms with van der Waals surface area (Å²) in [5, 5.41) is 9.66. The van der Waals surface area contributed by atoms with E-state index in [1.165, 1.54) is 38.9 Å². The third-order valence-corrected chi connectivity index (χ3v) is 7.52. The van der Waals surface area contributed by atoms with Crippen LogP contribution in [-0.2, 0) is 30.8 Å². The summed E-state index contributed by atoms with van der Waals surface area (Å²) in [6.45, 7) is 4.30. The zero-order chi connectivity index (χ0) is 23.5. The van der Waals surface area contributed by atoms with E-state index in [4.69, 9.17) is 4.74 Å². The third-order valence-electron chi connectivity index (χ3n) is 7.52. The molecule has 0 spiro atoms. The molecule has 0 bridgehead atoms. The van der Waals surface area contributed by atoms with Gasteiger partial charge in [0, 0.05) is 6.54 Å². The van der Waals surface area contributed by atoms with Crippen LogP contribution in [0.2, 0.25) is 0 Å². The molecule has 34 heavy (non-hydrogen) atoms. The fraction of sp³-hybridized carbons (Fsp3) is 0.367. The van der Waals surface area contributed by atoms with Gasteiger partial charge in [-0.15, -0.1) is 0 Å². The molecule has 4 nitrogen and oxygen atoms in total. The molecule has 1 aliphatic carbocycles. The van der Waals surface area contributed by atoms with Crippen LogP contribution in [0.4, 0.5) is 0 Å². The van der Waals surface area contributed by atoms with E-state index < -0.39 is 5.97 Å². The Morgan fingerprint density at radius 1 is 0.941 bits per heavy atom. The third kappa shape index (κ3) is 4.60. The summed E-state index contributed by atoms with van der Waals surface area (Å²) >= 11 is 0. The van der Waals surface area contributed by atoms with Gasteiger partial charge in [-0.05, 0) is 90.6 Å². The minimum absolute atomic E-state index is 0.360. The lowest BCUT2D eigenvalue weighted by molar-refractivity contribution is -0.144. The monoisotopic (exact) mass is 455 g/mol. The number of rotatable bonds is 7. The van der Waals surface area contributed by atoms with Gasteiger partial charge in [0.2, 0.25) is 0 Å². The predicted octanol–water partition coefficient (Wildman–Crippen LogP) is 6.17. The molecule has 0 amide bonds. The Kier molecular flexibility index (Phi) is 6.68. The number of piperidine rings is 1. The van der Waals surface area contributed by atoms with Crippen LogP contribution in [0.25, 0.3) is 11.1 Å². The minimum Gasteiger partial charge on any atom is -0.489 e. The maximum absolute atomic E-state index is 11.7. The summed E-state index contributed by atoms with van der Waals surface area (Å²) < 4.78 is 6.40. The van der Waals surface area contributed by atoms with Crippen molar-refractivity contribution in [3.63, 3.8) is 0 Å². The Hall–Kier alpha value is -3.11. The standard InChI is InChI=1S/C30H33NO3/c1-21-24(11-7-12-25(21)22-9-3-2-4-10-22)20-34-29-17-16-23(26-13-8-14-27(26)29)19-31-18-6-5-15-28(31)30(32)33/h2-4,7,9-12,16-17,28H,5-6,8,13-15,18-20H2,1H3,(H,32,33). The zero-order valence-electron chi connectivity index (χ0n) is 19.9. The number of nitrogens with zero attached hydrogens (tertiary/aromatic N) is 1. The number of likely N-dealkylation sites (tertiary alicyclic amines) is 1. The van der Waals surface area contributed by atoms with Crippen LogP contribution in [0.5, 0.6) is 5.75 Å². The van der Waals surface area contributed by atoms with Crippen molar-refractivity contribution in [1.29, 1.82) is 0 Å². The minimum atomic E-state index is -0.690. The number of carboxylic acids is 1. The molecule has 176 valence electrons. The zero-order valence-corrected chi connectivity index (χ0v) is 19.9. The molecule has 1 atom stereocenters. The van der Waals surface area contributed by atoms with E-state index in [1.54, 1.807) is 0 Å². The molecule has 2 aliphatic rings. The number of carboxylic acid groups (broad SMARTS) is 1. The Morgan fingerprint density at radius 3 is 2.59 bits per heavy atom. The largest absolute Gasteiger partial charge is 0.489 e. The molecule has 4 heteroatoms. The normalized spacial score (nSPS) is 18.0. The first-order valence-electron chi connectivity index (χ1n) is 12.5. The average molecular weight is 456 g/mol. The maximum atomic E-state index is 11.7. The summed E-state index contributed by atoms with van der Waals surface area (Å²) in [4.78, 5) is 13.9. The van der Waals surface area contributed by atoms with Gasteiger partial charge in [-0.2, -0.15) is 0 Å². The highest BCUT2D eigenvalue weighted by atomic mass is 16.5. The van der Waals surface area contributed by atoms with Gasteiger partial charge in [0.25, 0.3) is 0 Å². The molecular weight excluding hydrogens is 422 g/mol. The molecule has 0 saturated carbocycles.